The first-order valence-electron chi connectivity index (χ1n) is 5.01. The molecule has 3 N–H and O–H groups in total. The first-order chi connectivity index (χ1) is 7.63. The zero-order valence-electron chi connectivity index (χ0n) is 9.13. The van der Waals surface area contributed by atoms with Gasteiger partial charge < -0.3 is 15.8 Å². The molecular weight excluding hydrogens is 228 g/mol. The zero-order valence-corrected chi connectivity index (χ0v) is 9.88. The summed E-state index contributed by atoms with van der Waals surface area (Å²) >= 11 is 5.57. The number of amides is 1. The normalized spacial score (nSPS) is 9.88. The standard InChI is InChI=1S/C11H15ClN2O2/c1-8-3-4-9(14-6-2-5-12)7-10(8)16-11(13)15/h3-4,7,14H,2,5-6H2,1H3,(H2,13,15). The molecule has 0 aromatic heterocycles. The van der Waals surface area contributed by atoms with Gasteiger partial charge in [-0.25, -0.2) is 4.79 Å². The van der Waals surface area contributed by atoms with Crippen molar-refractivity contribution in [3.8, 4) is 5.75 Å². The lowest BCUT2D eigenvalue weighted by Gasteiger charge is -2.09. The Kier molecular flexibility index (Phi) is 4.92. The van der Waals surface area contributed by atoms with Gasteiger partial charge in [0.15, 0.2) is 0 Å². The molecule has 0 heterocycles. The minimum Gasteiger partial charge on any atom is -0.410 e. The molecule has 0 spiro atoms. The van der Waals surface area contributed by atoms with Crippen LogP contribution in [0, 0.1) is 6.92 Å². The highest BCUT2D eigenvalue weighted by molar-refractivity contribution is 6.17. The molecule has 0 bridgehead atoms. The van der Waals surface area contributed by atoms with Crippen LogP contribution in [0.25, 0.3) is 0 Å². The number of benzene rings is 1. The Morgan fingerprint density at radius 2 is 2.31 bits per heavy atom. The first-order valence-corrected chi connectivity index (χ1v) is 5.54. The highest BCUT2D eigenvalue weighted by Gasteiger charge is 2.04. The van der Waals surface area contributed by atoms with Crippen molar-refractivity contribution in [2.45, 2.75) is 13.3 Å². The maximum atomic E-state index is 10.7. The summed E-state index contributed by atoms with van der Waals surface area (Å²) in [6.07, 6.45) is 0.0718. The summed E-state index contributed by atoms with van der Waals surface area (Å²) in [4.78, 5) is 10.7. The zero-order chi connectivity index (χ0) is 12.0. The van der Waals surface area contributed by atoms with Gasteiger partial charge in [0.05, 0.1) is 0 Å². The highest BCUT2D eigenvalue weighted by Crippen LogP contribution is 2.22. The van der Waals surface area contributed by atoms with E-state index in [0.717, 1.165) is 24.2 Å². The molecule has 0 radical (unpaired) electrons. The molecule has 0 aliphatic carbocycles. The highest BCUT2D eigenvalue weighted by atomic mass is 35.5. The van der Waals surface area contributed by atoms with Crippen molar-refractivity contribution in [2.75, 3.05) is 17.7 Å². The van der Waals surface area contributed by atoms with E-state index in [1.165, 1.54) is 0 Å². The monoisotopic (exact) mass is 242 g/mol. The number of hydrogen-bond donors (Lipinski definition) is 2. The Labute approximate surface area is 99.7 Å². The van der Waals surface area contributed by atoms with Crippen LogP contribution in [0.15, 0.2) is 18.2 Å². The van der Waals surface area contributed by atoms with Gasteiger partial charge in [-0.05, 0) is 25.0 Å². The van der Waals surface area contributed by atoms with E-state index in [1.807, 2.05) is 19.1 Å². The van der Waals surface area contributed by atoms with Crippen LogP contribution in [0.4, 0.5) is 10.5 Å². The van der Waals surface area contributed by atoms with Gasteiger partial charge in [-0.2, -0.15) is 0 Å². The minimum atomic E-state index is -0.805. The summed E-state index contributed by atoms with van der Waals surface area (Å²) in [5.41, 5.74) is 6.71. The first kappa shape index (κ1) is 12.6. The summed E-state index contributed by atoms with van der Waals surface area (Å²) in [6.45, 7) is 2.63. The van der Waals surface area contributed by atoms with Crippen LogP contribution in [0.5, 0.6) is 5.75 Å². The fraction of sp³-hybridized carbons (Fsp3) is 0.364. The summed E-state index contributed by atoms with van der Waals surface area (Å²) < 4.78 is 4.86. The van der Waals surface area contributed by atoms with Crippen LogP contribution in [0.3, 0.4) is 0 Å². The summed E-state index contributed by atoms with van der Waals surface area (Å²) in [5, 5.41) is 3.17. The van der Waals surface area contributed by atoms with Crippen molar-refractivity contribution >= 4 is 23.4 Å². The second kappa shape index (κ2) is 6.23. The van der Waals surface area contributed by atoms with Crippen LogP contribution < -0.4 is 15.8 Å². The number of anilines is 1. The van der Waals surface area contributed by atoms with Crippen LogP contribution in [0.2, 0.25) is 0 Å². The Hall–Kier alpha value is -1.42. The van der Waals surface area contributed by atoms with Gasteiger partial charge in [0.2, 0.25) is 0 Å². The molecule has 1 rings (SSSR count). The van der Waals surface area contributed by atoms with Gasteiger partial charge in [0.1, 0.15) is 5.75 Å². The number of halogens is 1. The van der Waals surface area contributed by atoms with Gasteiger partial charge in [-0.1, -0.05) is 6.07 Å². The molecule has 0 unspecified atom stereocenters. The van der Waals surface area contributed by atoms with Gasteiger partial charge in [0, 0.05) is 24.2 Å². The largest absolute Gasteiger partial charge is 0.410 e. The fourth-order valence-corrected chi connectivity index (χ4v) is 1.36. The Balaban J connectivity index is 2.69. The summed E-state index contributed by atoms with van der Waals surface area (Å²) in [6, 6.07) is 5.52. The number of aryl methyl sites for hydroxylation is 1. The Bertz CT molecular complexity index is 369. The SMILES string of the molecule is Cc1ccc(NCCCCl)cc1OC(N)=O. The number of carbonyl (C=O) groups excluding carboxylic acids is 1. The van der Waals surface area contributed by atoms with Crippen LogP contribution in [-0.4, -0.2) is 18.5 Å². The molecule has 0 fully saturated rings. The van der Waals surface area contributed by atoms with Crippen molar-refractivity contribution in [3.63, 3.8) is 0 Å². The molecular formula is C11H15ClN2O2. The van der Waals surface area contributed by atoms with Crippen LogP contribution in [0.1, 0.15) is 12.0 Å². The molecule has 1 aromatic rings. The van der Waals surface area contributed by atoms with E-state index in [9.17, 15) is 4.79 Å². The predicted molar refractivity (Wildman–Crippen MR) is 65.2 cm³/mol. The van der Waals surface area contributed by atoms with Gasteiger partial charge in [-0.15, -0.1) is 11.6 Å². The fourth-order valence-electron chi connectivity index (χ4n) is 1.23. The lowest BCUT2D eigenvalue weighted by molar-refractivity contribution is 0.210. The number of hydrogen-bond acceptors (Lipinski definition) is 3. The van der Waals surface area contributed by atoms with E-state index < -0.39 is 6.09 Å². The van der Waals surface area contributed by atoms with Crippen molar-refractivity contribution < 1.29 is 9.53 Å². The number of nitrogens with one attached hydrogen (secondary N) is 1. The molecule has 0 saturated heterocycles. The summed E-state index contributed by atoms with van der Waals surface area (Å²) in [7, 11) is 0. The molecule has 16 heavy (non-hydrogen) atoms. The predicted octanol–water partition coefficient (Wildman–Crippen LogP) is 2.49. The molecule has 0 aliphatic heterocycles. The third-order valence-electron chi connectivity index (χ3n) is 2.04. The molecule has 0 atom stereocenters. The van der Waals surface area contributed by atoms with Crippen molar-refractivity contribution in [1.29, 1.82) is 0 Å². The lowest BCUT2D eigenvalue weighted by atomic mass is 10.2. The van der Waals surface area contributed by atoms with Crippen LogP contribution in [-0.2, 0) is 0 Å². The Morgan fingerprint density at radius 3 is 2.94 bits per heavy atom. The Morgan fingerprint density at radius 1 is 1.56 bits per heavy atom. The third kappa shape index (κ3) is 3.98. The quantitative estimate of drug-likeness (QED) is 0.616. The topological polar surface area (TPSA) is 64.3 Å². The average molecular weight is 243 g/mol. The number of carbonyl (C=O) groups is 1. The van der Waals surface area contributed by atoms with Crippen LogP contribution >= 0.6 is 11.6 Å². The number of nitrogens with two attached hydrogens (primary N) is 1. The number of rotatable bonds is 5. The number of primary amides is 1. The molecule has 5 heteroatoms. The van der Waals surface area contributed by atoms with Crippen molar-refractivity contribution in [3.05, 3.63) is 23.8 Å². The summed E-state index contributed by atoms with van der Waals surface area (Å²) in [5.74, 6) is 1.09. The van der Waals surface area contributed by atoms with E-state index in [0.29, 0.717) is 11.6 Å². The molecule has 1 amide bonds. The molecule has 4 nitrogen and oxygen atoms in total. The number of ether oxygens (including phenoxy) is 1. The lowest BCUT2D eigenvalue weighted by Crippen LogP contribution is -2.17. The second-order valence-electron chi connectivity index (χ2n) is 3.37. The maximum Gasteiger partial charge on any atom is 0.409 e. The smallest absolute Gasteiger partial charge is 0.409 e. The number of alkyl halides is 1. The molecule has 0 aliphatic rings. The second-order valence-corrected chi connectivity index (χ2v) is 3.75. The molecule has 0 saturated carbocycles. The van der Waals surface area contributed by atoms with Crippen molar-refractivity contribution in [2.24, 2.45) is 5.73 Å². The van der Waals surface area contributed by atoms with Gasteiger partial charge in [0.25, 0.3) is 0 Å². The van der Waals surface area contributed by atoms with Crippen molar-refractivity contribution in [1.82, 2.24) is 0 Å². The maximum absolute atomic E-state index is 10.7. The van der Waals surface area contributed by atoms with E-state index in [1.54, 1.807) is 6.07 Å². The third-order valence-corrected chi connectivity index (χ3v) is 2.31. The van der Waals surface area contributed by atoms with E-state index in [4.69, 9.17) is 22.1 Å². The minimum absolute atomic E-state index is 0.475. The van der Waals surface area contributed by atoms with Gasteiger partial charge >= 0.3 is 6.09 Å². The molecule has 1 aromatic carbocycles. The van der Waals surface area contributed by atoms with Gasteiger partial charge in [-0.3, -0.25) is 0 Å². The van der Waals surface area contributed by atoms with E-state index in [-0.39, 0.29) is 0 Å². The van der Waals surface area contributed by atoms with E-state index in [2.05, 4.69) is 5.32 Å². The van der Waals surface area contributed by atoms with E-state index >= 15 is 0 Å². The average Bonchev–Trinajstić information content (AvgIpc) is 2.22. The molecule has 88 valence electrons.